The quantitative estimate of drug-likeness (QED) is 0.220. The van der Waals surface area contributed by atoms with Crippen LogP contribution in [0.25, 0.3) is 0 Å². The molecule has 1 heterocycles. The first-order valence-corrected chi connectivity index (χ1v) is 12.7. The summed E-state index contributed by atoms with van der Waals surface area (Å²) in [7, 11) is 1.53. The zero-order chi connectivity index (χ0) is 27.5. The second-order valence-electron chi connectivity index (χ2n) is 7.87. The molecule has 38 heavy (non-hydrogen) atoms. The van der Waals surface area contributed by atoms with Crippen molar-refractivity contribution in [3.05, 3.63) is 79.9 Å². The van der Waals surface area contributed by atoms with Crippen LogP contribution < -0.4 is 19.6 Å². The summed E-state index contributed by atoms with van der Waals surface area (Å²) >= 11 is 9.75. The second kappa shape index (κ2) is 14.3. The monoisotopic (exact) mass is 600 g/mol. The highest BCUT2D eigenvalue weighted by molar-refractivity contribution is 9.10. The summed E-state index contributed by atoms with van der Waals surface area (Å²) in [5, 5.41) is 14.1. The van der Waals surface area contributed by atoms with Crippen LogP contribution in [0.1, 0.15) is 34.9 Å². The highest BCUT2D eigenvalue weighted by atomic mass is 79.9. The predicted octanol–water partition coefficient (Wildman–Crippen LogP) is 5.33. The number of benzene rings is 2. The number of nitrogens with one attached hydrogen (secondary N) is 1. The van der Waals surface area contributed by atoms with E-state index >= 15 is 0 Å². The Bertz CT molecular complexity index is 1360. The summed E-state index contributed by atoms with van der Waals surface area (Å²) < 4.78 is 23.0. The van der Waals surface area contributed by atoms with Gasteiger partial charge in [0, 0.05) is 29.0 Å². The number of nitriles is 1. The Kier molecular flexibility index (Phi) is 10.9. The molecule has 0 saturated carbocycles. The van der Waals surface area contributed by atoms with Crippen LogP contribution in [0.15, 0.2) is 52.0 Å². The summed E-state index contributed by atoms with van der Waals surface area (Å²) in [4.78, 5) is 16.5. The summed E-state index contributed by atoms with van der Waals surface area (Å²) in [5.41, 5.74) is 5.39. The number of hydrogen-bond acceptors (Lipinski definition) is 8. The van der Waals surface area contributed by atoms with E-state index in [1.807, 2.05) is 31.2 Å². The van der Waals surface area contributed by atoms with Gasteiger partial charge in [0.2, 0.25) is 5.88 Å². The molecular weight excluding hydrogens is 576 g/mol. The van der Waals surface area contributed by atoms with Gasteiger partial charge in [-0.05, 0) is 59.6 Å². The molecule has 0 spiro atoms. The number of hydrogen-bond donors (Lipinski definition) is 1. The lowest BCUT2D eigenvalue weighted by molar-refractivity contribution is -0.123. The molecule has 0 unspecified atom stereocenters. The summed E-state index contributed by atoms with van der Waals surface area (Å²) in [6.45, 7) is 4.16. The highest BCUT2D eigenvalue weighted by Gasteiger charge is 2.15. The van der Waals surface area contributed by atoms with Crippen molar-refractivity contribution in [2.45, 2.75) is 27.1 Å². The number of hydrazone groups is 1. The fraction of sp³-hybridized carbons (Fsp3) is 0.259. The van der Waals surface area contributed by atoms with Crippen LogP contribution in [0, 0.1) is 18.3 Å². The third-order valence-corrected chi connectivity index (χ3v) is 5.97. The minimum atomic E-state index is -0.523. The molecule has 1 N–H and O–H groups in total. The molecule has 1 aromatic heterocycles. The van der Waals surface area contributed by atoms with Gasteiger partial charge in [-0.1, -0.05) is 29.8 Å². The molecule has 0 bridgehead atoms. The zero-order valence-electron chi connectivity index (χ0n) is 21.1. The maximum atomic E-state index is 12.3. The molecule has 0 aliphatic rings. The van der Waals surface area contributed by atoms with E-state index in [1.54, 1.807) is 31.2 Å². The van der Waals surface area contributed by atoms with Gasteiger partial charge in [0.05, 0.1) is 23.9 Å². The predicted molar refractivity (Wildman–Crippen MR) is 147 cm³/mol. The van der Waals surface area contributed by atoms with E-state index in [-0.39, 0.29) is 31.3 Å². The Morgan fingerprint density at radius 2 is 1.97 bits per heavy atom. The minimum Gasteiger partial charge on any atom is -0.490 e. The fourth-order valence-electron chi connectivity index (χ4n) is 3.38. The third-order valence-electron chi connectivity index (χ3n) is 5.01. The minimum absolute atomic E-state index is 0.0661. The average Bonchev–Trinajstić information content (AvgIpc) is 2.88. The molecule has 11 heteroatoms. The Balaban J connectivity index is 1.65. The largest absolute Gasteiger partial charge is 0.490 e. The summed E-state index contributed by atoms with van der Waals surface area (Å²) in [6.07, 6.45) is 1.46. The molecule has 0 aliphatic carbocycles. The van der Waals surface area contributed by atoms with E-state index in [0.29, 0.717) is 44.4 Å². The Hall–Kier alpha value is -3.65. The number of aromatic nitrogens is 1. The van der Waals surface area contributed by atoms with Crippen LogP contribution in [0.4, 0.5) is 0 Å². The molecule has 2 aromatic carbocycles. The molecule has 0 saturated heterocycles. The number of nitrogens with zero attached hydrogens (tertiary/aromatic N) is 3. The van der Waals surface area contributed by atoms with Gasteiger partial charge in [0.25, 0.3) is 5.91 Å². The van der Waals surface area contributed by atoms with Crippen LogP contribution >= 0.6 is 27.5 Å². The molecule has 0 aliphatic heterocycles. The first-order chi connectivity index (χ1) is 18.4. The number of rotatable bonds is 12. The van der Waals surface area contributed by atoms with Crippen LogP contribution in [-0.4, -0.2) is 37.4 Å². The maximum Gasteiger partial charge on any atom is 0.278 e. The standard InChI is InChI=1S/C27H26BrClN4O5/c1-4-36-24-11-18(10-22(28)26(24)37-15-19-7-5-6-8-23(19)29)13-31-33-25(34)16-38-27-21(12-30)20(14-35-3)9-17(2)32-27/h5-11,13H,4,14-16H2,1-3H3,(H,33,34). The number of carbonyl (C=O) groups is 1. The van der Waals surface area contributed by atoms with Gasteiger partial charge >= 0.3 is 0 Å². The lowest BCUT2D eigenvalue weighted by Crippen LogP contribution is -2.25. The van der Waals surface area contributed by atoms with Crippen molar-refractivity contribution in [3.63, 3.8) is 0 Å². The Labute approximate surface area is 234 Å². The number of pyridine rings is 1. The van der Waals surface area contributed by atoms with Crippen molar-refractivity contribution in [2.75, 3.05) is 20.3 Å². The van der Waals surface area contributed by atoms with Crippen LogP contribution in [0.3, 0.4) is 0 Å². The van der Waals surface area contributed by atoms with Crippen molar-refractivity contribution >= 4 is 39.7 Å². The van der Waals surface area contributed by atoms with Gasteiger partial charge in [0.1, 0.15) is 18.2 Å². The van der Waals surface area contributed by atoms with E-state index in [4.69, 9.17) is 30.5 Å². The van der Waals surface area contributed by atoms with Gasteiger partial charge < -0.3 is 18.9 Å². The number of amides is 1. The third kappa shape index (κ3) is 7.92. The van der Waals surface area contributed by atoms with E-state index in [1.165, 1.54) is 13.3 Å². The molecule has 1 amide bonds. The van der Waals surface area contributed by atoms with Crippen molar-refractivity contribution < 1.29 is 23.7 Å². The molecule has 3 rings (SSSR count). The molecule has 0 radical (unpaired) electrons. The first-order valence-electron chi connectivity index (χ1n) is 11.5. The van der Waals surface area contributed by atoms with Gasteiger partial charge in [-0.2, -0.15) is 10.4 Å². The molecule has 198 valence electrons. The topological polar surface area (TPSA) is 115 Å². The molecular formula is C27H26BrClN4O5. The smallest absolute Gasteiger partial charge is 0.278 e. The van der Waals surface area contributed by atoms with Gasteiger partial charge in [-0.15, -0.1) is 0 Å². The van der Waals surface area contributed by atoms with Crippen molar-refractivity contribution in [1.29, 1.82) is 5.26 Å². The summed E-state index contributed by atoms with van der Waals surface area (Å²) in [6, 6.07) is 14.7. The fourth-order valence-corrected chi connectivity index (χ4v) is 4.14. The Morgan fingerprint density at radius 3 is 2.68 bits per heavy atom. The van der Waals surface area contributed by atoms with Crippen LogP contribution in [-0.2, 0) is 22.7 Å². The number of aryl methyl sites for hydroxylation is 1. The number of carbonyl (C=O) groups excluding carboxylic acids is 1. The lowest BCUT2D eigenvalue weighted by Gasteiger charge is -2.15. The zero-order valence-corrected chi connectivity index (χ0v) is 23.4. The van der Waals surface area contributed by atoms with Gasteiger partial charge in [-0.25, -0.2) is 10.4 Å². The number of ether oxygens (including phenoxy) is 4. The SMILES string of the molecule is CCOc1cc(C=NNC(=O)COc2nc(C)cc(COC)c2C#N)cc(Br)c1OCc1ccccc1Cl. The van der Waals surface area contributed by atoms with Gasteiger partial charge in [0.15, 0.2) is 18.1 Å². The van der Waals surface area contributed by atoms with Gasteiger partial charge in [-0.3, -0.25) is 4.79 Å². The Morgan fingerprint density at radius 1 is 1.18 bits per heavy atom. The van der Waals surface area contributed by atoms with Crippen molar-refractivity contribution in [1.82, 2.24) is 10.4 Å². The molecule has 9 nitrogen and oxygen atoms in total. The average molecular weight is 602 g/mol. The van der Waals surface area contributed by atoms with Crippen molar-refractivity contribution in [2.24, 2.45) is 5.10 Å². The molecule has 0 atom stereocenters. The molecule has 3 aromatic rings. The summed E-state index contributed by atoms with van der Waals surface area (Å²) in [5.74, 6) is 0.571. The maximum absolute atomic E-state index is 12.3. The van der Waals surface area contributed by atoms with E-state index in [9.17, 15) is 10.1 Å². The van der Waals surface area contributed by atoms with Crippen LogP contribution in [0.2, 0.25) is 5.02 Å². The second-order valence-corrected chi connectivity index (χ2v) is 9.13. The van der Waals surface area contributed by atoms with Crippen molar-refractivity contribution in [3.8, 4) is 23.4 Å². The van der Waals surface area contributed by atoms with E-state index < -0.39 is 5.91 Å². The van der Waals surface area contributed by atoms with Crippen LogP contribution in [0.5, 0.6) is 17.4 Å². The molecule has 0 fully saturated rings. The number of halogens is 2. The highest BCUT2D eigenvalue weighted by Crippen LogP contribution is 2.37. The lowest BCUT2D eigenvalue weighted by atomic mass is 10.1. The first kappa shape index (κ1) is 28.9. The van der Waals surface area contributed by atoms with E-state index in [0.717, 1.165) is 5.56 Å². The number of methoxy groups -OCH3 is 1. The van der Waals surface area contributed by atoms with E-state index in [2.05, 4.69) is 31.4 Å². The normalized spacial score (nSPS) is 10.7.